The van der Waals surface area contributed by atoms with Crippen molar-refractivity contribution in [3.8, 4) is 17.0 Å². The lowest BCUT2D eigenvalue weighted by Gasteiger charge is -2.13. The fourth-order valence-corrected chi connectivity index (χ4v) is 3.06. The second kappa shape index (κ2) is 7.46. The molecule has 1 saturated carbocycles. The van der Waals surface area contributed by atoms with Crippen molar-refractivity contribution in [3.05, 3.63) is 46.5 Å². The Morgan fingerprint density at radius 1 is 1.32 bits per heavy atom. The molecule has 1 aliphatic rings. The van der Waals surface area contributed by atoms with Crippen molar-refractivity contribution in [2.24, 2.45) is 0 Å². The van der Waals surface area contributed by atoms with Crippen LogP contribution in [0.2, 0.25) is 0 Å². The summed E-state index contributed by atoms with van der Waals surface area (Å²) in [6, 6.07) is 7.13. The van der Waals surface area contributed by atoms with Gasteiger partial charge in [-0.3, -0.25) is 9.59 Å². The number of carbonyl (C=O) groups is 1. The molecule has 1 aliphatic carbocycles. The van der Waals surface area contributed by atoms with Gasteiger partial charge in [0.15, 0.2) is 0 Å². The molecule has 6 nitrogen and oxygen atoms in total. The van der Waals surface area contributed by atoms with Gasteiger partial charge in [0.1, 0.15) is 18.1 Å². The molecule has 0 atom stereocenters. The Hall–Kier alpha value is -2.70. The quantitative estimate of drug-likeness (QED) is 0.901. The normalized spacial score (nSPS) is 14.5. The SMILES string of the molecule is COc1cc(F)ccc1-c1ccc(=O)n(CC(=O)NC2CCCC2)n1. The van der Waals surface area contributed by atoms with Gasteiger partial charge in [0.25, 0.3) is 5.56 Å². The molecule has 7 heteroatoms. The van der Waals surface area contributed by atoms with Gasteiger partial charge in [0, 0.05) is 23.7 Å². The zero-order valence-corrected chi connectivity index (χ0v) is 14.0. The molecule has 1 heterocycles. The first-order valence-corrected chi connectivity index (χ1v) is 8.28. The first kappa shape index (κ1) is 17.1. The van der Waals surface area contributed by atoms with Gasteiger partial charge in [-0.25, -0.2) is 9.07 Å². The minimum absolute atomic E-state index is 0.146. The van der Waals surface area contributed by atoms with E-state index in [1.807, 2.05) is 0 Å². The minimum Gasteiger partial charge on any atom is -0.496 e. The lowest BCUT2D eigenvalue weighted by atomic mass is 10.1. The third kappa shape index (κ3) is 4.04. The summed E-state index contributed by atoms with van der Waals surface area (Å²) < 4.78 is 19.6. The lowest BCUT2D eigenvalue weighted by molar-refractivity contribution is -0.122. The summed E-state index contributed by atoms with van der Waals surface area (Å²) in [5.74, 6) is -0.345. The van der Waals surface area contributed by atoms with Crippen molar-refractivity contribution in [3.63, 3.8) is 0 Å². The van der Waals surface area contributed by atoms with Crippen LogP contribution in [0.25, 0.3) is 11.3 Å². The molecule has 0 radical (unpaired) electrons. The molecule has 0 aliphatic heterocycles. The number of ether oxygens (including phenoxy) is 1. The van der Waals surface area contributed by atoms with Gasteiger partial charge < -0.3 is 10.1 Å². The van der Waals surface area contributed by atoms with Crippen LogP contribution >= 0.6 is 0 Å². The average Bonchev–Trinajstić information content (AvgIpc) is 3.09. The van der Waals surface area contributed by atoms with E-state index in [9.17, 15) is 14.0 Å². The molecule has 1 aromatic carbocycles. The average molecular weight is 345 g/mol. The Morgan fingerprint density at radius 3 is 2.80 bits per heavy atom. The topological polar surface area (TPSA) is 73.2 Å². The van der Waals surface area contributed by atoms with Gasteiger partial charge >= 0.3 is 0 Å². The summed E-state index contributed by atoms with van der Waals surface area (Å²) in [7, 11) is 1.43. The zero-order chi connectivity index (χ0) is 17.8. The summed E-state index contributed by atoms with van der Waals surface area (Å²) >= 11 is 0. The molecule has 0 bridgehead atoms. The summed E-state index contributed by atoms with van der Waals surface area (Å²) in [6.07, 6.45) is 4.17. The molecule has 1 N–H and O–H groups in total. The highest BCUT2D eigenvalue weighted by Gasteiger charge is 2.18. The molecule has 1 aromatic heterocycles. The second-order valence-corrected chi connectivity index (χ2v) is 6.11. The Kier molecular flexibility index (Phi) is 5.11. The molecule has 2 aromatic rings. The minimum atomic E-state index is -0.426. The number of amides is 1. The smallest absolute Gasteiger partial charge is 0.267 e. The molecule has 1 fully saturated rings. The fraction of sp³-hybridized carbons (Fsp3) is 0.389. The number of nitrogens with one attached hydrogen (secondary N) is 1. The molecular formula is C18H20FN3O3. The maximum atomic E-state index is 13.4. The van der Waals surface area contributed by atoms with Crippen molar-refractivity contribution < 1.29 is 13.9 Å². The van der Waals surface area contributed by atoms with Gasteiger partial charge in [0.05, 0.1) is 12.8 Å². The maximum absolute atomic E-state index is 13.4. The number of nitrogens with zero attached hydrogens (tertiary/aromatic N) is 2. The van der Waals surface area contributed by atoms with Crippen molar-refractivity contribution in [2.45, 2.75) is 38.3 Å². The third-order valence-electron chi connectivity index (χ3n) is 4.32. The van der Waals surface area contributed by atoms with Crippen molar-refractivity contribution in [1.82, 2.24) is 15.1 Å². The molecule has 25 heavy (non-hydrogen) atoms. The zero-order valence-electron chi connectivity index (χ0n) is 14.0. The number of benzene rings is 1. The number of methoxy groups -OCH3 is 1. The van der Waals surface area contributed by atoms with E-state index in [4.69, 9.17) is 4.74 Å². The van der Waals surface area contributed by atoms with Gasteiger partial charge in [-0.1, -0.05) is 12.8 Å². The molecule has 132 valence electrons. The highest BCUT2D eigenvalue weighted by molar-refractivity contribution is 5.76. The van der Waals surface area contributed by atoms with Gasteiger partial charge in [-0.05, 0) is 31.0 Å². The standard InChI is InChI=1S/C18H20FN3O3/c1-25-16-10-12(19)6-7-14(16)15-8-9-18(24)22(21-15)11-17(23)20-13-4-2-3-5-13/h6-10,13H,2-5,11H2,1H3,(H,20,23). The highest BCUT2D eigenvalue weighted by Crippen LogP contribution is 2.28. The van der Waals surface area contributed by atoms with Crippen LogP contribution in [-0.4, -0.2) is 28.8 Å². The Bertz CT molecular complexity index is 829. The van der Waals surface area contributed by atoms with Crippen LogP contribution < -0.4 is 15.6 Å². The number of hydrogen-bond acceptors (Lipinski definition) is 4. The van der Waals surface area contributed by atoms with Gasteiger partial charge in [0.2, 0.25) is 5.91 Å². The van der Waals surface area contributed by atoms with E-state index in [0.717, 1.165) is 30.4 Å². The van der Waals surface area contributed by atoms with Crippen molar-refractivity contribution in [2.75, 3.05) is 7.11 Å². The Balaban J connectivity index is 1.83. The van der Waals surface area contributed by atoms with Crippen LogP contribution in [0.15, 0.2) is 35.1 Å². The van der Waals surface area contributed by atoms with Crippen LogP contribution in [-0.2, 0) is 11.3 Å². The number of rotatable bonds is 5. The summed E-state index contributed by atoms with van der Waals surface area (Å²) in [5.41, 5.74) is 0.616. The number of carbonyl (C=O) groups excluding carboxylic acids is 1. The van der Waals surface area contributed by atoms with Crippen LogP contribution in [0.1, 0.15) is 25.7 Å². The first-order valence-electron chi connectivity index (χ1n) is 8.28. The fourth-order valence-electron chi connectivity index (χ4n) is 3.06. The lowest BCUT2D eigenvalue weighted by Crippen LogP contribution is -2.38. The molecular weight excluding hydrogens is 325 g/mol. The summed E-state index contributed by atoms with van der Waals surface area (Å²) in [6.45, 7) is -0.146. The molecule has 1 amide bonds. The maximum Gasteiger partial charge on any atom is 0.267 e. The van der Waals surface area contributed by atoms with E-state index in [-0.39, 0.29) is 24.1 Å². The van der Waals surface area contributed by atoms with Crippen LogP contribution in [0.4, 0.5) is 4.39 Å². The van der Waals surface area contributed by atoms with E-state index < -0.39 is 5.82 Å². The van der Waals surface area contributed by atoms with E-state index in [1.165, 1.54) is 37.4 Å². The molecule has 0 unspecified atom stereocenters. The van der Waals surface area contributed by atoms with Crippen LogP contribution in [0.5, 0.6) is 5.75 Å². The van der Waals surface area contributed by atoms with Crippen molar-refractivity contribution >= 4 is 5.91 Å². The van der Waals surface area contributed by atoms with E-state index in [2.05, 4.69) is 10.4 Å². The van der Waals surface area contributed by atoms with E-state index >= 15 is 0 Å². The summed E-state index contributed by atoms with van der Waals surface area (Å²) in [4.78, 5) is 24.2. The Labute approximate surface area is 144 Å². The molecule has 3 rings (SSSR count). The highest BCUT2D eigenvalue weighted by atomic mass is 19.1. The second-order valence-electron chi connectivity index (χ2n) is 6.11. The van der Waals surface area contributed by atoms with Crippen molar-refractivity contribution in [1.29, 1.82) is 0 Å². The molecule has 0 spiro atoms. The Morgan fingerprint density at radius 2 is 2.08 bits per heavy atom. The molecule has 0 saturated heterocycles. The van der Waals surface area contributed by atoms with Crippen LogP contribution in [0, 0.1) is 5.82 Å². The number of aromatic nitrogens is 2. The van der Waals surface area contributed by atoms with E-state index in [1.54, 1.807) is 0 Å². The predicted octanol–water partition coefficient (Wildman–Crippen LogP) is 2.12. The summed E-state index contributed by atoms with van der Waals surface area (Å²) in [5, 5.41) is 7.17. The monoisotopic (exact) mass is 345 g/mol. The van der Waals surface area contributed by atoms with Crippen LogP contribution in [0.3, 0.4) is 0 Å². The third-order valence-corrected chi connectivity index (χ3v) is 4.32. The largest absolute Gasteiger partial charge is 0.496 e. The van der Waals surface area contributed by atoms with E-state index in [0.29, 0.717) is 17.0 Å². The van der Waals surface area contributed by atoms with Gasteiger partial charge in [-0.2, -0.15) is 5.10 Å². The predicted molar refractivity (Wildman–Crippen MR) is 90.8 cm³/mol. The number of halogens is 1. The first-order chi connectivity index (χ1) is 12.1. The number of hydrogen-bond donors (Lipinski definition) is 1. The van der Waals surface area contributed by atoms with Gasteiger partial charge in [-0.15, -0.1) is 0 Å².